The number of carbonyl (C=O) groups is 2. The molecule has 1 aromatic rings. The molecular formula is C16H20ClNO3. The largest absolute Gasteiger partial charge is 0.468 e. The third-order valence-electron chi connectivity index (χ3n) is 4.13. The number of anilines is 1. The summed E-state index contributed by atoms with van der Waals surface area (Å²) in [5, 5.41) is 3.41. The molecule has 0 aliphatic heterocycles. The van der Waals surface area contributed by atoms with Gasteiger partial charge in [-0.2, -0.15) is 0 Å². The lowest BCUT2D eigenvalue weighted by atomic mass is 9.90. The van der Waals surface area contributed by atoms with Gasteiger partial charge >= 0.3 is 5.97 Å². The molecule has 1 aromatic carbocycles. The zero-order valence-corrected chi connectivity index (χ0v) is 13.1. The van der Waals surface area contributed by atoms with E-state index in [0.717, 1.165) is 31.2 Å². The van der Waals surface area contributed by atoms with Gasteiger partial charge in [0, 0.05) is 10.7 Å². The Morgan fingerprint density at radius 2 is 2.00 bits per heavy atom. The number of hydrogen-bond acceptors (Lipinski definition) is 3. The van der Waals surface area contributed by atoms with Crippen molar-refractivity contribution in [1.82, 2.24) is 0 Å². The quantitative estimate of drug-likeness (QED) is 0.683. The highest BCUT2D eigenvalue weighted by Crippen LogP contribution is 2.33. The van der Waals surface area contributed by atoms with Crippen LogP contribution in [0.5, 0.6) is 0 Å². The standard InChI is InChI=1S/C16H20ClNO3/c1-10-12(17)8-5-9-13(10)18-15(19)14(16(20)21-2)11-6-3-4-7-11/h5,8-9,11,14H,3-4,6-7H2,1-2H3,(H,18,19)/t14-/m0/s1. The minimum absolute atomic E-state index is 0.0666. The van der Waals surface area contributed by atoms with Crippen LogP contribution in [0.1, 0.15) is 31.2 Å². The number of methoxy groups -OCH3 is 1. The van der Waals surface area contributed by atoms with Crippen LogP contribution in [0.25, 0.3) is 0 Å². The highest BCUT2D eigenvalue weighted by molar-refractivity contribution is 6.31. The van der Waals surface area contributed by atoms with Gasteiger partial charge in [0.1, 0.15) is 5.92 Å². The number of benzene rings is 1. The minimum atomic E-state index is -0.740. The summed E-state index contributed by atoms with van der Waals surface area (Å²) in [6.07, 6.45) is 3.90. The van der Waals surface area contributed by atoms with E-state index < -0.39 is 11.9 Å². The van der Waals surface area contributed by atoms with Crippen LogP contribution in [-0.4, -0.2) is 19.0 Å². The fourth-order valence-electron chi connectivity index (χ4n) is 2.88. The van der Waals surface area contributed by atoms with E-state index in [1.807, 2.05) is 6.92 Å². The molecular weight excluding hydrogens is 290 g/mol. The number of nitrogens with one attached hydrogen (secondary N) is 1. The Morgan fingerprint density at radius 1 is 1.33 bits per heavy atom. The number of ether oxygens (including phenoxy) is 1. The summed E-state index contributed by atoms with van der Waals surface area (Å²) in [6.45, 7) is 1.83. The molecule has 114 valence electrons. The molecule has 0 heterocycles. The highest BCUT2D eigenvalue weighted by Gasteiger charge is 2.37. The number of carbonyl (C=O) groups excluding carboxylic acids is 2. The van der Waals surface area contributed by atoms with Crippen LogP contribution in [0.4, 0.5) is 5.69 Å². The van der Waals surface area contributed by atoms with Crippen molar-refractivity contribution >= 4 is 29.2 Å². The number of amides is 1. The summed E-state index contributed by atoms with van der Waals surface area (Å²) in [5.41, 5.74) is 1.43. The summed E-state index contributed by atoms with van der Waals surface area (Å²) < 4.78 is 4.81. The molecule has 0 aromatic heterocycles. The minimum Gasteiger partial charge on any atom is -0.468 e. The number of halogens is 1. The molecule has 1 amide bonds. The topological polar surface area (TPSA) is 55.4 Å². The van der Waals surface area contributed by atoms with Gasteiger partial charge in [-0.3, -0.25) is 9.59 Å². The summed E-state index contributed by atoms with van der Waals surface area (Å²) >= 11 is 6.05. The van der Waals surface area contributed by atoms with E-state index in [0.29, 0.717) is 10.7 Å². The van der Waals surface area contributed by atoms with Gasteiger partial charge in [-0.15, -0.1) is 0 Å². The maximum absolute atomic E-state index is 12.5. The van der Waals surface area contributed by atoms with Crippen molar-refractivity contribution < 1.29 is 14.3 Å². The zero-order chi connectivity index (χ0) is 15.4. The molecule has 0 radical (unpaired) electrons. The number of rotatable bonds is 4. The Morgan fingerprint density at radius 3 is 2.62 bits per heavy atom. The molecule has 1 aliphatic carbocycles. The van der Waals surface area contributed by atoms with Crippen molar-refractivity contribution in [3.63, 3.8) is 0 Å². The first kappa shape index (κ1) is 15.8. The van der Waals surface area contributed by atoms with Crippen LogP contribution < -0.4 is 5.32 Å². The van der Waals surface area contributed by atoms with E-state index in [4.69, 9.17) is 16.3 Å². The molecule has 0 bridgehead atoms. The second-order valence-corrected chi connectivity index (χ2v) is 5.85. The van der Waals surface area contributed by atoms with Crippen LogP contribution in [0.15, 0.2) is 18.2 Å². The highest BCUT2D eigenvalue weighted by atomic mass is 35.5. The third-order valence-corrected chi connectivity index (χ3v) is 4.54. The second kappa shape index (κ2) is 6.94. The fraction of sp³-hybridized carbons (Fsp3) is 0.500. The molecule has 0 spiro atoms. The summed E-state index contributed by atoms with van der Waals surface area (Å²) in [4.78, 5) is 24.5. The van der Waals surface area contributed by atoms with Gasteiger partial charge in [0.25, 0.3) is 0 Å². The molecule has 21 heavy (non-hydrogen) atoms. The van der Waals surface area contributed by atoms with Crippen LogP contribution in [0.3, 0.4) is 0 Å². The van der Waals surface area contributed by atoms with Crippen molar-refractivity contribution in [3.05, 3.63) is 28.8 Å². The number of hydrogen-bond donors (Lipinski definition) is 1. The summed E-state index contributed by atoms with van der Waals surface area (Å²) in [7, 11) is 1.32. The summed E-state index contributed by atoms with van der Waals surface area (Å²) in [5.74, 6) is -1.44. The first-order valence-corrected chi connectivity index (χ1v) is 7.56. The van der Waals surface area contributed by atoms with E-state index in [9.17, 15) is 9.59 Å². The molecule has 1 fully saturated rings. The lowest BCUT2D eigenvalue weighted by molar-refractivity contribution is -0.150. The normalized spacial score (nSPS) is 16.5. The average molecular weight is 310 g/mol. The van der Waals surface area contributed by atoms with Crippen molar-refractivity contribution in [2.75, 3.05) is 12.4 Å². The molecule has 0 saturated heterocycles. The van der Waals surface area contributed by atoms with Crippen molar-refractivity contribution in [2.24, 2.45) is 11.8 Å². The van der Waals surface area contributed by atoms with Crippen molar-refractivity contribution in [2.45, 2.75) is 32.6 Å². The lowest BCUT2D eigenvalue weighted by Crippen LogP contribution is -2.35. The van der Waals surface area contributed by atoms with Crippen molar-refractivity contribution in [3.8, 4) is 0 Å². The van der Waals surface area contributed by atoms with Gasteiger partial charge in [0.05, 0.1) is 7.11 Å². The van der Waals surface area contributed by atoms with Gasteiger partial charge < -0.3 is 10.1 Å². The Bertz CT molecular complexity index is 538. The monoisotopic (exact) mass is 309 g/mol. The lowest BCUT2D eigenvalue weighted by Gasteiger charge is -2.21. The first-order valence-electron chi connectivity index (χ1n) is 7.18. The van der Waals surface area contributed by atoms with Crippen LogP contribution in [0, 0.1) is 18.8 Å². The Kier molecular flexibility index (Phi) is 5.23. The Labute approximate surface area is 129 Å². The zero-order valence-electron chi connectivity index (χ0n) is 12.3. The molecule has 2 rings (SSSR count). The Balaban J connectivity index is 2.18. The van der Waals surface area contributed by atoms with Crippen LogP contribution >= 0.6 is 11.6 Å². The maximum atomic E-state index is 12.5. The molecule has 1 aliphatic rings. The van der Waals surface area contributed by atoms with E-state index in [-0.39, 0.29) is 11.8 Å². The predicted molar refractivity (Wildman–Crippen MR) is 82.3 cm³/mol. The number of esters is 1. The molecule has 1 atom stereocenters. The molecule has 5 heteroatoms. The van der Waals surface area contributed by atoms with E-state index in [2.05, 4.69) is 5.32 Å². The SMILES string of the molecule is COC(=O)[C@H](C(=O)Nc1cccc(Cl)c1C)C1CCCC1. The van der Waals surface area contributed by atoms with Gasteiger partial charge in [-0.05, 0) is 43.4 Å². The Hall–Kier alpha value is -1.55. The second-order valence-electron chi connectivity index (χ2n) is 5.45. The van der Waals surface area contributed by atoms with E-state index in [1.54, 1.807) is 18.2 Å². The fourth-order valence-corrected chi connectivity index (χ4v) is 3.06. The van der Waals surface area contributed by atoms with Crippen molar-refractivity contribution in [1.29, 1.82) is 0 Å². The predicted octanol–water partition coefficient (Wildman–Crippen LogP) is 3.57. The van der Waals surface area contributed by atoms with Gasteiger partial charge in [-0.25, -0.2) is 0 Å². The summed E-state index contributed by atoms with van der Waals surface area (Å²) in [6, 6.07) is 5.32. The van der Waals surface area contributed by atoms with Gasteiger partial charge in [-0.1, -0.05) is 30.5 Å². The molecule has 0 unspecified atom stereocenters. The molecule has 1 N–H and O–H groups in total. The molecule has 1 saturated carbocycles. The van der Waals surface area contributed by atoms with E-state index in [1.165, 1.54) is 7.11 Å². The van der Waals surface area contributed by atoms with Crippen LogP contribution in [-0.2, 0) is 14.3 Å². The third kappa shape index (κ3) is 3.56. The van der Waals surface area contributed by atoms with Gasteiger partial charge in [0.2, 0.25) is 5.91 Å². The molecule has 4 nitrogen and oxygen atoms in total. The van der Waals surface area contributed by atoms with Crippen LogP contribution in [0.2, 0.25) is 5.02 Å². The average Bonchev–Trinajstić information content (AvgIpc) is 2.97. The smallest absolute Gasteiger partial charge is 0.318 e. The van der Waals surface area contributed by atoms with Gasteiger partial charge in [0.15, 0.2) is 0 Å². The van der Waals surface area contributed by atoms with E-state index >= 15 is 0 Å². The maximum Gasteiger partial charge on any atom is 0.318 e. The first-order chi connectivity index (χ1) is 10.0.